The zero-order valence-electron chi connectivity index (χ0n) is 13.5. The number of carbonyl (C=O) groups excluding carboxylic acids is 2. The van der Waals surface area contributed by atoms with Gasteiger partial charge in [-0.05, 0) is 45.4 Å². The molecule has 2 rings (SSSR count). The highest BCUT2D eigenvalue weighted by Crippen LogP contribution is 2.32. The van der Waals surface area contributed by atoms with Crippen molar-refractivity contribution < 1.29 is 14.7 Å². The molecule has 0 aromatic carbocycles. The molecule has 0 saturated heterocycles. The third-order valence-corrected chi connectivity index (χ3v) is 4.59. The van der Waals surface area contributed by atoms with Gasteiger partial charge in [0.25, 0.3) is 0 Å². The second-order valence-electron chi connectivity index (χ2n) is 6.96. The molecule has 3 atom stereocenters. The maximum Gasteiger partial charge on any atom is 0.248 e. The van der Waals surface area contributed by atoms with Gasteiger partial charge in [0.05, 0.1) is 6.10 Å². The third kappa shape index (κ3) is 3.96. The highest BCUT2D eigenvalue weighted by molar-refractivity contribution is 5.90. The predicted molar refractivity (Wildman–Crippen MR) is 80.5 cm³/mol. The first-order valence-corrected chi connectivity index (χ1v) is 8.13. The molecule has 21 heavy (non-hydrogen) atoms. The van der Waals surface area contributed by atoms with Crippen LogP contribution in [0, 0.1) is 11.8 Å². The Kier molecular flexibility index (Phi) is 4.91. The number of aliphatic hydroxyl groups is 1. The SMILES string of the molecule is CC(C)C(C)N(C(=O)C(NC(=O)C1CC1)C(C)O)C1CC1. The molecule has 0 aliphatic heterocycles. The van der Waals surface area contributed by atoms with E-state index in [1.807, 2.05) is 11.8 Å². The highest BCUT2D eigenvalue weighted by atomic mass is 16.3. The van der Waals surface area contributed by atoms with Crippen molar-refractivity contribution >= 4 is 11.8 Å². The standard InChI is InChI=1S/C16H28N2O3/c1-9(2)10(3)18(13-7-8-13)16(21)14(11(4)19)17-15(20)12-5-6-12/h9-14,19H,5-8H2,1-4H3,(H,17,20). The summed E-state index contributed by atoms with van der Waals surface area (Å²) < 4.78 is 0. The normalized spacial score (nSPS) is 22.6. The first-order chi connectivity index (χ1) is 9.82. The van der Waals surface area contributed by atoms with E-state index < -0.39 is 12.1 Å². The maximum absolute atomic E-state index is 12.8. The molecule has 2 N–H and O–H groups in total. The summed E-state index contributed by atoms with van der Waals surface area (Å²) in [5, 5.41) is 12.7. The zero-order chi connectivity index (χ0) is 15.7. The molecular formula is C16H28N2O3. The van der Waals surface area contributed by atoms with E-state index in [4.69, 9.17) is 0 Å². The molecular weight excluding hydrogens is 268 g/mol. The number of aliphatic hydroxyl groups excluding tert-OH is 1. The van der Waals surface area contributed by atoms with Gasteiger partial charge >= 0.3 is 0 Å². The van der Waals surface area contributed by atoms with E-state index in [0.717, 1.165) is 25.7 Å². The van der Waals surface area contributed by atoms with Crippen molar-refractivity contribution in [2.24, 2.45) is 11.8 Å². The average molecular weight is 296 g/mol. The van der Waals surface area contributed by atoms with Crippen molar-refractivity contribution in [1.82, 2.24) is 10.2 Å². The molecule has 0 bridgehead atoms. The van der Waals surface area contributed by atoms with Gasteiger partial charge in [0.1, 0.15) is 6.04 Å². The summed E-state index contributed by atoms with van der Waals surface area (Å²) in [5.41, 5.74) is 0. The van der Waals surface area contributed by atoms with Gasteiger partial charge in [0, 0.05) is 18.0 Å². The second kappa shape index (κ2) is 6.34. The van der Waals surface area contributed by atoms with Gasteiger partial charge in [-0.25, -0.2) is 0 Å². The second-order valence-corrected chi connectivity index (χ2v) is 6.96. The molecule has 120 valence electrons. The van der Waals surface area contributed by atoms with E-state index >= 15 is 0 Å². The van der Waals surface area contributed by atoms with Gasteiger partial charge in [-0.2, -0.15) is 0 Å². The molecule has 5 heteroatoms. The molecule has 5 nitrogen and oxygen atoms in total. The zero-order valence-corrected chi connectivity index (χ0v) is 13.5. The summed E-state index contributed by atoms with van der Waals surface area (Å²) in [7, 11) is 0. The third-order valence-electron chi connectivity index (χ3n) is 4.59. The van der Waals surface area contributed by atoms with Gasteiger partial charge in [0.2, 0.25) is 11.8 Å². The topological polar surface area (TPSA) is 69.6 Å². The minimum atomic E-state index is -0.874. The smallest absolute Gasteiger partial charge is 0.248 e. The van der Waals surface area contributed by atoms with E-state index in [2.05, 4.69) is 19.2 Å². The molecule has 3 unspecified atom stereocenters. The molecule has 0 aromatic heterocycles. The molecule has 0 spiro atoms. The summed E-state index contributed by atoms with van der Waals surface area (Å²) in [6, 6.07) is -0.432. The lowest BCUT2D eigenvalue weighted by molar-refractivity contribution is -0.142. The van der Waals surface area contributed by atoms with Crippen molar-refractivity contribution in [3.63, 3.8) is 0 Å². The van der Waals surface area contributed by atoms with Gasteiger partial charge in [-0.3, -0.25) is 9.59 Å². The number of carbonyl (C=O) groups is 2. The van der Waals surface area contributed by atoms with Gasteiger partial charge in [0.15, 0.2) is 0 Å². The Hall–Kier alpha value is -1.10. The van der Waals surface area contributed by atoms with E-state index in [9.17, 15) is 14.7 Å². The van der Waals surface area contributed by atoms with Gasteiger partial charge in [-0.1, -0.05) is 13.8 Å². The first kappa shape index (κ1) is 16.3. The Morgan fingerprint density at radius 2 is 1.67 bits per heavy atom. The van der Waals surface area contributed by atoms with Crippen molar-refractivity contribution in [2.75, 3.05) is 0 Å². The lowest BCUT2D eigenvalue weighted by Gasteiger charge is -2.36. The van der Waals surface area contributed by atoms with E-state index in [1.165, 1.54) is 0 Å². The lowest BCUT2D eigenvalue weighted by Crippen LogP contribution is -2.57. The van der Waals surface area contributed by atoms with Crippen LogP contribution in [0.2, 0.25) is 0 Å². The van der Waals surface area contributed by atoms with Crippen molar-refractivity contribution in [1.29, 1.82) is 0 Å². The average Bonchev–Trinajstić information content (AvgIpc) is 3.27. The Bertz CT molecular complexity index is 400. The highest BCUT2D eigenvalue weighted by Gasteiger charge is 2.42. The number of amides is 2. The molecule has 2 aliphatic carbocycles. The van der Waals surface area contributed by atoms with Crippen LogP contribution in [0.3, 0.4) is 0 Å². The lowest BCUT2D eigenvalue weighted by atomic mass is 10.0. The molecule has 0 heterocycles. The molecule has 2 fully saturated rings. The quantitative estimate of drug-likeness (QED) is 0.744. The first-order valence-electron chi connectivity index (χ1n) is 8.13. The van der Waals surface area contributed by atoms with Crippen LogP contribution in [0.1, 0.15) is 53.4 Å². The van der Waals surface area contributed by atoms with Crippen molar-refractivity contribution in [3.8, 4) is 0 Å². The Labute approximate surface area is 127 Å². The minimum absolute atomic E-state index is 0.0379. The Morgan fingerprint density at radius 3 is 2.05 bits per heavy atom. The van der Waals surface area contributed by atoms with Gasteiger partial charge < -0.3 is 15.3 Å². The molecule has 2 aliphatic rings. The predicted octanol–water partition coefficient (Wildman–Crippen LogP) is 1.30. The molecule has 0 aromatic rings. The van der Waals surface area contributed by atoms with Crippen LogP contribution in [-0.4, -0.2) is 46.1 Å². The molecule has 2 saturated carbocycles. The maximum atomic E-state index is 12.8. The van der Waals surface area contributed by atoms with Crippen LogP contribution < -0.4 is 5.32 Å². The van der Waals surface area contributed by atoms with Gasteiger partial charge in [-0.15, -0.1) is 0 Å². The van der Waals surface area contributed by atoms with E-state index in [0.29, 0.717) is 5.92 Å². The molecule has 2 amide bonds. The van der Waals surface area contributed by atoms with E-state index in [-0.39, 0.29) is 29.8 Å². The van der Waals surface area contributed by atoms with Crippen LogP contribution >= 0.6 is 0 Å². The van der Waals surface area contributed by atoms with E-state index in [1.54, 1.807) is 6.92 Å². The van der Waals surface area contributed by atoms with Crippen molar-refractivity contribution in [2.45, 2.75) is 77.6 Å². The summed E-state index contributed by atoms with van der Waals surface area (Å²) >= 11 is 0. The van der Waals surface area contributed by atoms with Crippen LogP contribution in [0.5, 0.6) is 0 Å². The number of nitrogens with one attached hydrogen (secondary N) is 1. The number of hydrogen-bond donors (Lipinski definition) is 2. The summed E-state index contributed by atoms with van der Waals surface area (Å²) in [6.45, 7) is 7.80. The Balaban J connectivity index is 2.08. The van der Waals surface area contributed by atoms with Crippen LogP contribution in [-0.2, 0) is 9.59 Å². The summed E-state index contributed by atoms with van der Waals surface area (Å²) in [6.07, 6.45) is 2.95. The van der Waals surface area contributed by atoms with Crippen LogP contribution in [0.15, 0.2) is 0 Å². The summed E-state index contributed by atoms with van der Waals surface area (Å²) in [5.74, 6) is 0.157. The monoisotopic (exact) mass is 296 g/mol. The fraction of sp³-hybridized carbons (Fsp3) is 0.875. The van der Waals surface area contributed by atoms with Crippen LogP contribution in [0.25, 0.3) is 0 Å². The number of rotatable bonds is 7. The van der Waals surface area contributed by atoms with Crippen LogP contribution in [0.4, 0.5) is 0 Å². The number of nitrogens with zero attached hydrogens (tertiary/aromatic N) is 1. The minimum Gasteiger partial charge on any atom is -0.391 e. The fourth-order valence-electron chi connectivity index (χ4n) is 2.55. The largest absolute Gasteiger partial charge is 0.391 e. The number of hydrogen-bond acceptors (Lipinski definition) is 3. The fourth-order valence-corrected chi connectivity index (χ4v) is 2.55. The summed E-state index contributed by atoms with van der Waals surface area (Å²) in [4.78, 5) is 26.7. The van der Waals surface area contributed by atoms with Crippen molar-refractivity contribution in [3.05, 3.63) is 0 Å². The Morgan fingerprint density at radius 1 is 1.10 bits per heavy atom. The molecule has 0 radical (unpaired) electrons.